The zero-order chi connectivity index (χ0) is 16.8. The Morgan fingerprint density at radius 1 is 1.26 bits per heavy atom. The average molecular weight is 338 g/mol. The number of aliphatic hydroxyl groups excluding tert-OH is 1. The molecular formula is C17H17ClFNO3. The number of aliphatic hydroxyl groups is 1. The van der Waals surface area contributed by atoms with Gasteiger partial charge >= 0.3 is 0 Å². The van der Waals surface area contributed by atoms with Crippen molar-refractivity contribution in [3.05, 3.63) is 64.4 Å². The Bertz CT molecular complexity index is 676. The molecule has 4 nitrogen and oxygen atoms in total. The number of amides is 1. The van der Waals surface area contributed by atoms with E-state index in [1.54, 1.807) is 30.3 Å². The van der Waals surface area contributed by atoms with Crippen LogP contribution in [0.2, 0.25) is 5.02 Å². The molecule has 0 saturated carbocycles. The van der Waals surface area contributed by atoms with Crippen LogP contribution < -0.4 is 4.74 Å². The maximum absolute atomic E-state index is 13.0. The third-order valence-corrected chi connectivity index (χ3v) is 3.52. The lowest BCUT2D eigenvalue weighted by Crippen LogP contribution is -2.33. The number of carbonyl (C=O) groups is 1. The highest BCUT2D eigenvalue weighted by Gasteiger charge is 2.17. The molecule has 0 heterocycles. The third-order valence-electron chi connectivity index (χ3n) is 3.30. The van der Waals surface area contributed by atoms with Crippen molar-refractivity contribution in [3.8, 4) is 5.75 Å². The van der Waals surface area contributed by atoms with Crippen molar-refractivity contribution in [1.82, 2.24) is 4.90 Å². The predicted octanol–water partition coefficient (Wildman–Crippen LogP) is 3.12. The minimum absolute atomic E-state index is 0.158. The van der Waals surface area contributed by atoms with Gasteiger partial charge in [0.15, 0.2) is 0 Å². The minimum Gasteiger partial charge on any atom is -0.497 e. The summed E-state index contributed by atoms with van der Waals surface area (Å²) in [5.41, 5.74) is 1.13. The molecular weight excluding hydrogens is 321 g/mol. The number of nitrogens with zero attached hydrogens (tertiary/aromatic N) is 1. The molecule has 2 aromatic rings. The SMILES string of the molecule is COc1cc(Cl)cc(C(=O)N(CCO)Cc2ccc(F)cc2)c1. The standard InChI is InChI=1S/C17H17ClFNO3/c1-23-16-9-13(8-14(18)10-16)17(22)20(6-7-21)11-12-2-4-15(19)5-3-12/h2-5,8-10,21H,6-7,11H2,1H3. The third kappa shape index (κ3) is 4.68. The van der Waals surface area contributed by atoms with Gasteiger partial charge in [-0.15, -0.1) is 0 Å². The van der Waals surface area contributed by atoms with E-state index in [4.69, 9.17) is 16.3 Å². The van der Waals surface area contributed by atoms with E-state index in [2.05, 4.69) is 0 Å². The number of ether oxygens (including phenoxy) is 1. The van der Waals surface area contributed by atoms with E-state index in [1.165, 1.54) is 24.1 Å². The van der Waals surface area contributed by atoms with Crippen molar-refractivity contribution in [1.29, 1.82) is 0 Å². The molecule has 2 aromatic carbocycles. The fourth-order valence-corrected chi connectivity index (χ4v) is 2.40. The molecule has 0 fully saturated rings. The summed E-state index contributed by atoms with van der Waals surface area (Å²) in [7, 11) is 1.49. The number of carbonyl (C=O) groups excluding carboxylic acids is 1. The van der Waals surface area contributed by atoms with Crippen LogP contribution in [0.5, 0.6) is 5.75 Å². The van der Waals surface area contributed by atoms with Crippen molar-refractivity contribution in [2.24, 2.45) is 0 Å². The lowest BCUT2D eigenvalue weighted by atomic mass is 10.1. The number of benzene rings is 2. The van der Waals surface area contributed by atoms with Gasteiger partial charge in [-0.2, -0.15) is 0 Å². The first-order chi connectivity index (χ1) is 11.0. The summed E-state index contributed by atoms with van der Waals surface area (Å²) in [5, 5.41) is 9.59. The van der Waals surface area contributed by atoms with Gasteiger partial charge in [-0.25, -0.2) is 4.39 Å². The first kappa shape index (κ1) is 17.2. The monoisotopic (exact) mass is 337 g/mol. The smallest absolute Gasteiger partial charge is 0.254 e. The molecule has 122 valence electrons. The van der Waals surface area contributed by atoms with E-state index in [1.807, 2.05) is 0 Å². The lowest BCUT2D eigenvalue weighted by molar-refractivity contribution is 0.0707. The maximum Gasteiger partial charge on any atom is 0.254 e. The van der Waals surface area contributed by atoms with Gasteiger partial charge in [-0.3, -0.25) is 4.79 Å². The van der Waals surface area contributed by atoms with Crippen molar-refractivity contribution in [2.45, 2.75) is 6.54 Å². The molecule has 23 heavy (non-hydrogen) atoms. The number of rotatable bonds is 6. The van der Waals surface area contributed by atoms with Crippen LogP contribution in [-0.2, 0) is 6.54 Å². The zero-order valence-corrected chi connectivity index (χ0v) is 13.4. The van der Waals surface area contributed by atoms with Crippen molar-refractivity contribution < 1.29 is 19.0 Å². The fraction of sp³-hybridized carbons (Fsp3) is 0.235. The van der Waals surface area contributed by atoms with Crippen LogP contribution in [0, 0.1) is 5.82 Å². The summed E-state index contributed by atoms with van der Waals surface area (Å²) in [5.74, 6) is -0.149. The van der Waals surface area contributed by atoms with Crippen LogP contribution in [0.3, 0.4) is 0 Å². The first-order valence-electron chi connectivity index (χ1n) is 7.02. The topological polar surface area (TPSA) is 49.8 Å². The molecule has 0 bridgehead atoms. The molecule has 0 atom stereocenters. The second-order valence-corrected chi connectivity index (χ2v) is 5.39. The van der Waals surface area contributed by atoms with E-state index >= 15 is 0 Å². The first-order valence-corrected chi connectivity index (χ1v) is 7.40. The largest absolute Gasteiger partial charge is 0.497 e. The van der Waals surface area contributed by atoms with Gasteiger partial charge < -0.3 is 14.7 Å². The Morgan fingerprint density at radius 2 is 1.96 bits per heavy atom. The lowest BCUT2D eigenvalue weighted by Gasteiger charge is -2.22. The number of hydrogen-bond donors (Lipinski definition) is 1. The van der Waals surface area contributed by atoms with Gasteiger partial charge in [0.25, 0.3) is 5.91 Å². The Balaban J connectivity index is 2.24. The van der Waals surface area contributed by atoms with Crippen LogP contribution in [0.1, 0.15) is 15.9 Å². The highest BCUT2D eigenvalue weighted by Crippen LogP contribution is 2.22. The minimum atomic E-state index is -0.339. The molecule has 0 unspecified atom stereocenters. The molecule has 0 spiro atoms. The molecule has 0 radical (unpaired) electrons. The predicted molar refractivity (Wildman–Crippen MR) is 86.2 cm³/mol. The molecule has 0 aliphatic rings. The molecule has 0 saturated heterocycles. The van der Waals surface area contributed by atoms with Gasteiger partial charge in [-0.1, -0.05) is 23.7 Å². The second-order valence-electron chi connectivity index (χ2n) is 4.96. The highest BCUT2D eigenvalue weighted by atomic mass is 35.5. The highest BCUT2D eigenvalue weighted by molar-refractivity contribution is 6.31. The quantitative estimate of drug-likeness (QED) is 0.881. The molecule has 0 aliphatic heterocycles. The molecule has 0 aliphatic carbocycles. The summed E-state index contributed by atoms with van der Waals surface area (Å²) >= 11 is 5.99. The van der Waals surface area contributed by atoms with E-state index in [-0.39, 0.29) is 31.4 Å². The molecule has 1 amide bonds. The van der Waals surface area contributed by atoms with Gasteiger partial charge in [0.1, 0.15) is 11.6 Å². The van der Waals surface area contributed by atoms with Crippen LogP contribution in [0.25, 0.3) is 0 Å². The van der Waals surface area contributed by atoms with E-state index in [9.17, 15) is 14.3 Å². The van der Waals surface area contributed by atoms with Crippen molar-refractivity contribution in [2.75, 3.05) is 20.3 Å². The second kappa shape index (κ2) is 7.94. The Morgan fingerprint density at radius 3 is 2.57 bits per heavy atom. The summed E-state index contributed by atoms with van der Waals surface area (Å²) in [4.78, 5) is 14.1. The van der Waals surface area contributed by atoms with Crippen molar-refractivity contribution in [3.63, 3.8) is 0 Å². The zero-order valence-electron chi connectivity index (χ0n) is 12.6. The number of halogens is 2. The number of hydrogen-bond acceptors (Lipinski definition) is 3. The summed E-state index contributed by atoms with van der Waals surface area (Å²) in [6.07, 6.45) is 0. The normalized spacial score (nSPS) is 10.4. The molecule has 6 heteroatoms. The summed E-state index contributed by atoms with van der Waals surface area (Å²) in [6.45, 7) is 0.240. The Hall–Kier alpha value is -2.11. The Labute approximate surface area is 139 Å². The van der Waals surface area contributed by atoms with Crippen LogP contribution >= 0.6 is 11.6 Å². The van der Waals surface area contributed by atoms with E-state index in [0.29, 0.717) is 16.3 Å². The molecule has 1 N–H and O–H groups in total. The van der Waals surface area contributed by atoms with Gasteiger partial charge in [0.2, 0.25) is 0 Å². The average Bonchev–Trinajstić information content (AvgIpc) is 2.55. The van der Waals surface area contributed by atoms with Gasteiger partial charge in [0.05, 0.1) is 13.7 Å². The maximum atomic E-state index is 13.0. The van der Waals surface area contributed by atoms with E-state index in [0.717, 1.165) is 5.56 Å². The molecule has 0 aromatic heterocycles. The van der Waals surface area contributed by atoms with Crippen LogP contribution in [-0.4, -0.2) is 36.2 Å². The van der Waals surface area contributed by atoms with Gasteiger partial charge in [0, 0.05) is 23.7 Å². The molecule has 2 rings (SSSR count). The summed E-state index contributed by atoms with van der Waals surface area (Å²) < 4.78 is 18.1. The number of methoxy groups -OCH3 is 1. The van der Waals surface area contributed by atoms with Crippen LogP contribution in [0.4, 0.5) is 4.39 Å². The van der Waals surface area contributed by atoms with Crippen LogP contribution in [0.15, 0.2) is 42.5 Å². The fourth-order valence-electron chi connectivity index (χ4n) is 2.17. The van der Waals surface area contributed by atoms with E-state index < -0.39 is 0 Å². The van der Waals surface area contributed by atoms with Crippen molar-refractivity contribution >= 4 is 17.5 Å². The Kier molecular flexibility index (Phi) is 5.96. The summed E-state index contributed by atoms with van der Waals surface area (Å²) in [6, 6.07) is 10.6. The van der Waals surface area contributed by atoms with Gasteiger partial charge in [-0.05, 0) is 35.9 Å².